The number of nitrogens with zero attached hydrogens (tertiary/aromatic N) is 1. The summed E-state index contributed by atoms with van der Waals surface area (Å²) in [6, 6.07) is -0.349. The highest BCUT2D eigenvalue weighted by Gasteiger charge is 2.34. The number of hydrogen-bond acceptors (Lipinski definition) is 3. The number of carbonyl (C=O) groups excluding carboxylic acids is 1. The fourth-order valence-corrected chi connectivity index (χ4v) is 2.82. The molecule has 1 fully saturated rings. The Balaban J connectivity index is 2.49. The molecule has 1 rings (SSSR count). The molecule has 0 aliphatic heterocycles. The van der Waals surface area contributed by atoms with Gasteiger partial charge in [-0.2, -0.15) is 0 Å². The molecule has 3 N–H and O–H groups in total. The van der Waals surface area contributed by atoms with Crippen molar-refractivity contribution >= 4 is 5.91 Å². The van der Waals surface area contributed by atoms with E-state index in [4.69, 9.17) is 5.73 Å². The summed E-state index contributed by atoms with van der Waals surface area (Å²) in [4.78, 5) is 14.2. The van der Waals surface area contributed by atoms with Crippen LogP contribution in [0, 0.1) is 0 Å². The Bertz CT molecular complexity index is 260. The van der Waals surface area contributed by atoms with Crippen molar-refractivity contribution in [3.63, 3.8) is 0 Å². The van der Waals surface area contributed by atoms with Gasteiger partial charge in [0.25, 0.3) is 0 Å². The summed E-state index contributed by atoms with van der Waals surface area (Å²) in [6.07, 6.45) is 7.89. The van der Waals surface area contributed by atoms with Crippen molar-refractivity contribution in [3.8, 4) is 0 Å². The molecule has 4 nitrogen and oxygen atoms in total. The van der Waals surface area contributed by atoms with Crippen LogP contribution in [0.5, 0.6) is 0 Å². The first-order valence-electron chi connectivity index (χ1n) is 7.22. The van der Waals surface area contributed by atoms with E-state index in [1.165, 1.54) is 32.1 Å². The molecule has 0 aromatic heterocycles. The maximum Gasteiger partial charge on any atom is 0.236 e. The average Bonchev–Trinajstić information content (AvgIpc) is 2.37. The molecule has 0 saturated heterocycles. The monoisotopic (exact) mass is 255 g/mol. The Hall–Kier alpha value is -0.610. The van der Waals surface area contributed by atoms with Crippen molar-refractivity contribution in [1.29, 1.82) is 0 Å². The summed E-state index contributed by atoms with van der Waals surface area (Å²) in [7, 11) is 4.23. The van der Waals surface area contributed by atoms with Crippen LogP contribution >= 0.6 is 0 Å². The first-order valence-corrected chi connectivity index (χ1v) is 7.22. The topological polar surface area (TPSA) is 58.4 Å². The summed E-state index contributed by atoms with van der Waals surface area (Å²) < 4.78 is 0. The van der Waals surface area contributed by atoms with Gasteiger partial charge < -0.3 is 16.0 Å². The summed E-state index contributed by atoms with van der Waals surface area (Å²) >= 11 is 0. The second-order valence-corrected chi connectivity index (χ2v) is 5.79. The van der Waals surface area contributed by atoms with E-state index in [0.717, 1.165) is 19.4 Å². The zero-order valence-corrected chi connectivity index (χ0v) is 12.2. The molecule has 4 heteroatoms. The van der Waals surface area contributed by atoms with Gasteiger partial charge in [-0.25, -0.2) is 0 Å². The highest BCUT2D eigenvalue weighted by Crippen LogP contribution is 2.31. The Morgan fingerprint density at radius 1 is 1.33 bits per heavy atom. The normalized spacial score (nSPS) is 20.7. The third-order valence-electron chi connectivity index (χ3n) is 4.26. The molecule has 0 heterocycles. The quantitative estimate of drug-likeness (QED) is 0.756. The van der Waals surface area contributed by atoms with Gasteiger partial charge in [-0.3, -0.25) is 4.79 Å². The molecule has 1 aliphatic carbocycles. The number of nitrogens with one attached hydrogen (secondary N) is 1. The van der Waals surface area contributed by atoms with Crippen LogP contribution in [-0.2, 0) is 4.79 Å². The Kier molecular flexibility index (Phi) is 6.09. The predicted molar refractivity (Wildman–Crippen MR) is 75.4 cm³/mol. The molecular weight excluding hydrogens is 226 g/mol. The van der Waals surface area contributed by atoms with Crippen LogP contribution in [0.25, 0.3) is 0 Å². The maximum atomic E-state index is 11.9. The van der Waals surface area contributed by atoms with Crippen molar-refractivity contribution in [1.82, 2.24) is 10.2 Å². The van der Waals surface area contributed by atoms with Gasteiger partial charge in [-0.1, -0.05) is 32.6 Å². The van der Waals surface area contributed by atoms with Crippen molar-refractivity contribution in [2.45, 2.75) is 63.5 Å². The van der Waals surface area contributed by atoms with Gasteiger partial charge in [-0.15, -0.1) is 0 Å². The molecule has 0 radical (unpaired) electrons. The minimum absolute atomic E-state index is 0.00338. The SMILES string of the molecule is CCC[C@H](N)C(=O)NCC1(N(C)C)CCCCC1. The second kappa shape index (κ2) is 7.10. The van der Waals surface area contributed by atoms with Gasteiger partial charge in [0.2, 0.25) is 5.91 Å². The molecular formula is C14H29N3O. The van der Waals surface area contributed by atoms with Crippen LogP contribution in [0.2, 0.25) is 0 Å². The van der Waals surface area contributed by atoms with Crippen LogP contribution in [-0.4, -0.2) is 43.0 Å². The van der Waals surface area contributed by atoms with E-state index < -0.39 is 0 Å². The zero-order valence-electron chi connectivity index (χ0n) is 12.2. The molecule has 1 amide bonds. The molecule has 0 aromatic carbocycles. The van der Waals surface area contributed by atoms with E-state index in [1.807, 2.05) is 0 Å². The predicted octanol–water partition coefficient (Wildman–Crippen LogP) is 1.49. The molecule has 1 aliphatic rings. The molecule has 18 heavy (non-hydrogen) atoms. The highest BCUT2D eigenvalue weighted by atomic mass is 16.2. The third kappa shape index (κ3) is 3.95. The molecule has 0 unspecified atom stereocenters. The van der Waals surface area contributed by atoms with Crippen LogP contribution in [0.15, 0.2) is 0 Å². The van der Waals surface area contributed by atoms with Crippen LogP contribution in [0.3, 0.4) is 0 Å². The van der Waals surface area contributed by atoms with Crippen molar-refractivity contribution in [2.75, 3.05) is 20.6 Å². The lowest BCUT2D eigenvalue weighted by Crippen LogP contribution is -2.55. The molecule has 1 atom stereocenters. The van der Waals surface area contributed by atoms with E-state index in [-0.39, 0.29) is 17.5 Å². The van der Waals surface area contributed by atoms with Crippen molar-refractivity contribution in [3.05, 3.63) is 0 Å². The summed E-state index contributed by atoms with van der Waals surface area (Å²) in [6.45, 7) is 2.78. The smallest absolute Gasteiger partial charge is 0.236 e. The van der Waals surface area contributed by atoms with Crippen LogP contribution < -0.4 is 11.1 Å². The number of nitrogens with two attached hydrogens (primary N) is 1. The summed E-state index contributed by atoms with van der Waals surface area (Å²) in [5.74, 6) is 0.00338. The lowest BCUT2D eigenvalue weighted by Gasteiger charge is -2.43. The van der Waals surface area contributed by atoms with Crippen molar-refractivity contribution < 1.29 is 4.79 Å². The van der Waals surface area contributed by atoms with E-state index in [9.17, 15) is 4.79 Å². The van der Waals surface area contributed by atoms with Gasteiger partial charge in [0.15, 0.2) is 0 Å². The Morgan fingerprint density at radius 2 is 1.94 bits per heavy atom. The number of hydrogen-bond donors (Lipinski definition) is 2. The van der Waals surface area contributed by atoms with Crippen LogP contribution in [0.1, 0.15) is 51.9 Å². The Labute approximate surface area is 111 Å². The molecule has 0 aromatic rings. The van der Waals surface area contributed by atoms with Gasteiger partial charge in [0, 0.05) is 12.1 Å². The minimum atomic E-state index is -0.349. The van der Waals surface area contributed by atoms with Crippen LogP contribution in [0.4, 0.5) is 0 Å². The van der Waals surface area contributed by atoms with E-state index >= 15 is 0 Å². The molecule has 0 spiro atoms. The van der Waals surface area contributed by atoms with E-state index in [2.05, 4.69) is 31.2 Å². The zero-order chi connectivity index (χ0) is 13.6. The van der Waals surface area contributed by atoms with Gasteiger partial charge in [-0.05, 0) is 33.4 Å². The first-order chi connectivity index (χ1) is 8.52. The summed E-state index contributed by atoms with van der Waals surface area (Å²) in [5.41, 5.74) is 5.98. The number of amides is 1. The molecule has 1 saturated carbocycles. The van der Waals surface area contributed by atoms with E-state index in [0.29, 0.717) is 0 Å². The van der Waals surface area contributed by atoms with Gasteiger partial charge in [0.05, 0.1) is 6.04 Å². The number of likely N-dealkylation sites (N-methyl/N-ethyl adjacent to an activating group) is 1. The second-order valence-electron chi connectivity index (χ2n) is 5.79. The van der Waals surface area contributed by atoms with Crippen molar-refractivity contribution in [2.24, 2.45) is 5.73 Å². The first kappa shape index (κ1) is 15.4. The van der Waals surface area contributed by atoms with E-state index in [1.54, 1.807) is 0 Å². The number of rotatable bonds is 6. The van der Waals surface area contributed by atoms with Gasteiger partial charge in [0.1, 0.15) is 0 Å². The molecule has 106 valence electrons. The molecule has 0 bridgehead atoms. The lowest BCUT2D eigenvalue weighted by molar-refractivity contribution is -0.123. The minimum Gasteiger partial charge on any atom is -0.353 e. The summed E-state index contributed by atoms with van der Waals surface area (Å²) in [5, 5.41) is 3.05. The van der Waals surface area contributed by atoms with Gasteiger partial charge >= 0.3 is 0 Å². The standard InChI is InChI=1S/C14H29N3O/c1-4-8-12(15)13(18)16-11-14(17(2)3)9-6-5-7-10-14/h12H,4-11,15H2,1-3H3,(H,16,18)/t12-/m0/s1. The largest absolute Gasteiger partial charge is 0.353 e. The maximum absolute atomic E-state index is 11.9. The lowest BCUT2D eigenvalue weighted by atomic mass is 9.80. The average molecular weight is 255 g/mol. The highest BCUT2D eigenvalue weighted by molar-refractivity contribution is 5.81. The fourth-order valence-electron chi connectivity index (χ4n) is 2.82. The fraction of sp³-hybridized carbons (Fsp3) is 0.929. The Morgan fingerprint density at radius 3 is 2.44 bits per heavy atom. The number of carbonyl (C=O) groups is 1. The third-order valence-corrected chi connectivity index (χ3v) is 4.26.